The second-order valence-electron chi connectivity index (χ2n) is 4.11. The topological polar surface area (TPSA) is 29.9 Å². The minimum absolute atomic E-state index is 0.317. The molecular weight excluding hydrogens is 333 g/mol. The summed E-state index contributed by atoms with van der Waals surface area (Å²) in [6, 6.07) is 4.62. The van der Waals surface area contributed by atoms with Crippen molar-refractivity contribution in [3.8, 4) is 0 Å². The molecule has 1 heterocycles. The number of aryl methyl sites for hydroxylation is 2. The van der Waals surface area contributed by atoms with Gasteiger partial charge in [0.1, 0.15) is 5.82 Å². The first-order valence-electron chi connectivity index (χ1n) is 5.94. The van der Waals surface area contributed by atoms with E-state index < -0.39 is 0 Å². The fourth-order valence-electron chi connectivity index (χ4n) is 1.88. The Hall–Kier alpha value is -1.07. The number of para-hydroxylation sites is 1. The third-order valence-electron chi connectivity index (χ3n) is 2.85. The molecule has 0 aliphatic heterocycles. The first-order valence-corrected chi connectivity index (χ1v) is 7.11. The van der Waals surface area contributed by atoms with Gasteiger partial charge in [0.25, 0.3) is 0 Å². The summed E-state index contributed by atoms with van der Waals surface area (Å²) < 4.78 is 16.5. The van der Waals surface area contributed by atoms with Crippen LogP contribution in [0.4, 0.5) is 10.1 Å². The summed E-state index contributed by atoms with van der Waals surface area (Å²) in [6.45, 7) is 5.15. The van der Waals surface area contributed by atoms with E-state index in [1.54, 1.807) is 12.1 Å². The van der Waals surface area contributed by atoms with Crippen molar-refractivity contribution in [3.63, 3.8) is 0 Å². The Balaban J connectivity index is 2.24. The summed E-state index contributed by atoms with van der Waals surface area (Å²) in [5, 5.41) is 7.79. The lowest BCUT2D eigenvalue weighted by molar-refractivity contribution is 0.616. The highest BCUT2D eigenvalue weighted by Crippen LogP contribution is 2.27. The van der Waals surface area contributed by atoms with Gasteiger partial charge in [0.2, 0.25) is 0 Å². The summed E-state index contributed by atoms with van der Waals surface area (Å²) in [6.07, 6.45) is 0. The Labute approximate surface area is 124 Å². The first kappa shape index (κ1) is 14.3. The fourth-order valence-corrected chi connectivity index (χ4v) is 2.53. The molecule has 0 aliphatic rings. The molecule has 0 bridgehead atoms. The highest BCUT2D eigenvalue weighted by Gasteiger charge is 2.13. The average molecular weight is 347 g/mol. The van der Waals surface area contributed by atoms with Crippen LogP contribution in [0.3, 0.4) is 0 Å². The van der Waals surface area contributed by atoms with E-state index in [1.807, 2.05) is 18.5 Å². The molecule has 3 nitrogen and oxygen atoms in total. The Kier molecular flexibility index (Phi) is 4.47. The largest absolute Gasteiger partial charge is 0.376 e. The van der Waals surface area contributed by atoms with Crippen molar-refractivity contribution in [2.24, 2.45) is 0 Å². The molecule has 0 amide bonds. The van der Waals surface area contributed by atoms with Gasteiger partial charge in [0.15, 0.2) is 0 Å². The molecule has 0 atom stereocenters. The molecule has 6 heteroatoms. The first-order chi connectivity index (χ1) is 9.04. The second kappa shape index (κ2) is 5.92. The third kappa shape index (κ3) is 2.92. The van der Waals surface area contributed by atoms with Crippen molar-refractivity contribution in [3.05, 3.63) is 44.9 Å². The number of hydrogen-bond acceptors (Lipinski definition) is 2. The molecule has 0 spiro atoms. The molecule has 1 N–H and O–H groups in total. The zero-order valence-corrected chi connectivity index (χ0v) is 13.0. The van der Waals surface area contributed by atoms with Crippen LogP contribution in [0.25, 0.3) is 0 Å². The highest BCUT2D eigenvalue weighted by atomic mass is 79.9. The van der Waals surface area contributed by atoms with E-state index in [1.165, 1.54) is 6.07 Å². The van der Waals surface area contributed by atoms with E-state index in [2.05, 4.69) is 26.3 Å². The number of nitrogens with one attached hydrogen (secondary N) is 1. The molecule has 102 valence electrons. The smallest absolute Gasteiger partial charge is 0.147 e. The molecular formula is C13H14BrClFN3. The number of aromatic nitrogens is 2. The van der Waals surface area contributed by atoms with Crippen molar-refractivity contribution in [2.75, 3.05) is 5.32 Å². The van der Waals surface area contributed by atoms with Crippen molar-refractivity contribution in [2.45, 2.75) is 26.9 Å². The zero-order valence-electron chi connectivity index (χ0n) is 10.7. The predicted molar refractivity (Wildman–Crippen MR) is 79.1 cm³/mol. The summed E-state index contributed by atoms with van der Waals surface area (Å²) in [5.74, 6) is -0.358. The van der Waals surface area contributed by atoms with Gasteiger partial charge in [-0.3, -0.25) is 4.68 Å². The van der Waals surface area contributed by atoms with Gasteiger partial charge in [-0.05, 0) is 41.9 Å². The highest BCUT2D eigenvalue weighted by molar-refractivity contribution is 9.10. The lowest BCUT2D eigenvalue weighted by Gasteiger charge is -2.11. The molecule has 0 aliphatic carbocycles. The van der Waals surface area contributed by atoms with Crippen molar-refractivity contribution < 1.29 is 4.39 Å². The maximum absolute atomic E-state index is 13.7. The maximum atomic E-state index is 13.7. The van der Waals surface area contributed by atoms with Gasteiger partial charge in [0.05, 0.1) is 33.1 Å². The lowest BCUT2D eigenvalue weighted by Crippen LogP contribution is -2.09. The molecule has 1 aromatic carbocycles. The van der Waals surface area contributed by atoms with Crippen LogP contribution in [0, 0.1) is 12.7 Å². The Bertz CT molecular complexity index is 578. The molecule has 0 saturated heterocycles. The quantitative estimate of drug-likeness (QED) is 0.890. The van der Waals surface area contributed by atoms with Gasteiger partial charge in [-0.2, -0.15) is 5.10 Å². The number of halogens is 3. The number of anilines is 1. The van der Waals surface area contributed by atoms with E-state index in [4.69, 9.17) is 11.6 Å². The molecule has 0 saturated carbocycles. The van der Waals surface area contributed by atoms with E-state index in [-0.39, 0.29) is 5.82 Å². The minimum atomic E-state index is -0.358. The normalized spacial score (nSPS) is 10.8. The molecule has 0 fully saturated rings. The van der Waals surface area contributed by atoms with Gasteiger partial charge in [-0.25, -0.2) is 4.39 Å². The van der Waals surface area contributed by atoms with Gasteiger partial charge >= 0.3 is 0 Å². The predicted octanol–water partition coefficient (Wildman–Crippen LogP) is 4.38. The average Bonchev–Trinajstić information content (AvgIpc) is 2.65. The molecule has 2 aromatic rings. The fraction of sp³-hybridized carbons (Fsp3) is 0.308. The number of rotatable bonds is 4. The third-order valence-corrected chi connectivity index (χ3v) is 4.19. The van der Waals surface area contributed by atoms with Crippen LogP contribution < -0.4 is 5.32 Å². The molecule has 0 radical (unpaired) electrons. The molecule has 19 heavy (non-hydrogen) atoms. The SMILES string of the molecule is CCn1nc(C)c(Br)c1CNc1c(F)cccc1Cl. The van der Waals surface area contributed by atoms with E-state index in [0.717, 1.165) is 22.4 Å². The lowest BCUT2D eigenvalue weighted by atomic mass is 10.3. The Morgan fingerprint density at radius 3 is 2.84 bits per heavy atom. The summed E-state index contributed by atoms with van der Waals surface area (Å²) >= 11 is 9.48. The van der Waals surface area contributed by atoms with Crippen molar-refractivity contribution >= 4 is 33.2 Å². The Morgan fingerprint density at radius 2 is 2.21 bits per heavy atom. The summed E-state index contributed by atoms with van der Waals surface area (Å²) in [4.78, 5) is 0. The maximum Gasteiger partial charge on any atom is 0.147 e. The minimum Gasteiger partial charge on any atom is -0.376 e. The van der Waals surface area contributed by atoms with Crippen LogP contribution in [-0.4, -0.2) is 9.78 Å². The van der Waals surface area contributed by atoms with Crippen molar-refractivity contribution in [1.29, 1.82) is 0 Å². The van der Waals surface area contributed by atoms with Gasteiger partial charge in [-0.15, -0.1) is 0 Å². The Morgan fingerprint density at radius 1 is 1.47 bits per heavy atom. The van der Waals surface area contributed by atoms with Gasteiger partial charge in [-0.1, -0.05) is 17.7 Å². The van der Waals surface area contributed by atoms with Crippen LogP contribution in [-0.2, 0) is 13.1 Å². The van der Waals surface area contributed by atoms with E-state index >= 15 is 0 Å². The molecule has 1 aromatic heterocycles. The van der Waals surface area contributed by atoms with Crippen LogP contribution >= 0.6 is 27.5 Å². The summed E-state index contributed by atoms with van der Waals surface area (Å²) in [7, 11) is 0. The van der Waals surface area contributed by atoms with Gasteiger partial charge < -0.3 is 5.32 Å². The monoisotopic (exact) mass is 345 g/mol. The standard InChI is InChI=1S/C13H14BrClFN3/c1-3-19-11(12(14)8(2)18-19)7-17-13-9(15)5-4-6-10(13)16/h4-6,17H,3,7H2,1-2H3. The van der Waals surface area contributed by atoms with Gasteiger partial charge in [0, 0.05) is 6.54 Å². The van der Waals surface area contributed by atoms with Crippen LogP contribution in [0.2, 0.25) is 5.02 Å². The van der Waals surface area contributed by atoms with E-state index in [0.29, 0.717) is 17.3 Å². The van der Waals surface area contributed by atoms with Crippen LogP contribution in [0.5, 0.6) is 0 Å². The van der Waals surface area contributed by atoms with Crippen LogP contribution in [0.1, 0.15) is 18.3 Å². The second-order valence-corrected chi connectivity index (χ2v) is 5.31. The number of nitrogens with zero attached hydrogens (tertiary/aromatic N) is 2. The van der Waals surface area contributed by atoms with E-state index in [9.17, 15) is 4.39 Å². The number of benzene rings is 1. The molecule has 0 unspecified atom stereocenters. The summed E-state index contributed by atoms with van der Waals surface area (Å²) in [5.41, 5.74) is 2.20. The zero-order chi connectivity index (χ0) is 14.0. The van der Waals surface area contributed by atoms with Crippen LogP contribution in [0.15, 0.2) is 22.7 Å². The molecule has 2 rings (SSSR count). The van der Waals surface area contributed by atoms with Crippen molar-refractivity contribution in [1.82, 2.24) is 9.78 Å². The number of hydrogen-bond donors (Lipinski definition) is 1.